The number of nitrogens with zero attached hydrogens (tertiary/aromatic N) is 2. The molecule has 0 saturated carbocycles. The molecule has 3 N–H and O–H groups in total. The predicted octanol–water partition coefficient (Wildman–Crippen LogP) is 2.37. The van der Waals surface area contributed by atoms with Gasteiger partial charge in [-0.3, -0.25) is 9.89 Å². The summed E-state index contributed by atoms with van der Waals surface area (Å²) in [6.45, 7) is 1.62. The lowest BCUT2D eigenvalue weighted by molar-refractivity contribution is 0.0698. The highest BCUT2D eigenvalue weighted by Gasteiger charge is 2.21. The van der Waals surface area contributed by atoms with Gasteiger partial charge in [-0.25, -0.2) is 9.78 Å². The summed E-state index contributed by atoms with van der Waals surface area (Å²) in [5.41, 5.74) is -0.390. The monoisotopic (exact) mass is 314 g/mol. The van der Waals surface area contributed by atoms with E-state index in [-0.39, 0.29) is 27.1 Å². The molecule has 2 rings (SSSR count). The van der Waals surface area contributed by atoms with E-state index in [4.69, 9.17) is 28.3 Å². The van der Waals surface area contributed by atoms with Crippen molar-refractivity contribution in [2.45, 2.75) is 6.92 Å². The highest BCUT2D eigenvalue weighted by molar-refractivity contribution is 6.38. The number of aromatic nitrogens is 3. The van der Waals surface area contributed by atoms with Crippen LogP contribution in [-0.4, -0.2) is 32.2 Å². The van der Waals surface area contributed by atoms with Crippen molar-refractivity contribution in [3.05, 3.63) is 39.4 Å². The summed E-state index contributed by atoms with van der Waals surface area (Å²) in [5, 5.41) is 17.7. The average molecular weight is 315 g/mol. The minimum absolute atomic E-state index is 0.0385. The van der Waals surface area contributed by atoms with Crippen molar-refractivity contribution < 1.29 is 14.7 Å². The number of anilines is 1. The molecule has 0 radical (unpaired) electrons. The van der Waals surface area contributed by atoms with Crippen LogP contribution in [-0.2, 0) is 0 Å². The largest absolute Gasteiger partial charge is 0.478 e. The maximum Gasteiger partial charge on any atom is 0.339 e. The SMILES string of the molecule is Cc1nc(C(=O)Nc2c(Cl)ccc(Cl)c2C(=O)O)n[nH]1. The van der Waals surface area contributed by atoms with E-state index in [2.05, 4.69) is 20.5 Å². The Balaban J connectivity index is 2.41. The van der Waals surface area contributed by atoms with Gasteiger partial charge in [-0.15, -0.1) is 5.10 Å². The average Bonchev–Trinajstić information content (AvgIpc) is 2.80. The van der Waals surface area contributed by atoms with Gasteiger partial charge in [0.2, 0.25) is 5.82 Å². The molecule has 0 aliphatic rings. The van der Waals surface area contributed by atoms with E-state index >= 15 is 0 Å². The van der Waals surface area contributed by atoms with Crippen LogP contribution in [0.5, 0.6) is 0 Å². The van der Waals surface area contributed by atoms with Crippen molar-refractivity contribution >= 4 is 40.8 Å². The van der Waals surface area contributed by atoms with Crippen LogP contribution in [0.15, 0.2) is 12.1 Å². The Bertz CT molecular complexity index is 699. The molecule has 9 heteroatoms. The molecule has 1 aromatic heterocycles. The molecule has 0 aliphatic heterocycles. The number of benzene rings is 1. The van der Waals surface area contributed by atoms with E-state index in [9.17, 15) is 9.59 Å². The number of hydrogen-bond acceptors (Lipinski definition) is 4. The predicted molar refractivity (Wildman–Crippen MR) is 72.5 cm³/mol. The van der Waals surface area contributed by atoms with Crippen LogP contribution in [0.4, 0.5) is 5.69 Å². The number of rotatable bonds is 3. The van der Waals surface area contributed by atoms with Crippen LogP contribution in [0.1, 0.15) is 26.8 Å². The smallest absolute Gasteiger partial charge is 0.339 e. The zero-order valence-corrected chi connectivity index (χ0v) is 11.6. The number of carbonyl (C=O) groups excluding carboxylic acids is 1. The lowest BCUT2D eigenvalue weighted by Gasteiger charge is -2.10. The van der Waals surface area contributed by atoms with Gasteiger partial charge in [0.05, 0.1) is 15.7 Å². The molecule has 0 saturated heterocycles. The highest BCUT2D eigenvalue weighted by Crippen LogP contribution is 2.32. The Morgan fingerprint density at radius 2 is 1.95 bits per heavy atom. The highest BCUT2D eigenvalue weighted by atomic mass is 35.5. The third-order valence-corrected chi connectivity index (χ3v) is 2.99. The van der Waals surface area contributed by atoms with Gasteiger partial charge in [-0.2, -0.15) is 0 Å². The number of halogens is 2. The van der Waals surface area contributed by atoms with Gasteiger partial charge in [0, 0.05) is 0 Å². The van der Waals surface area contributed by atoms with Crippen molar-refractivity contribution in [1.82, 2.24) is 15.2 Å². The fraction of sp³-hybridized carbons (Fsp3) is 0.0909. The van der Waals surface area contributed by atoms with Gasteiger partial charge < -0.3 is 10.4 Å². The summed E-state index contributed by atoms with van der Waals surface area (Å²) in [6.07, 6.45) is 0. The second kappa shape index (κ2) is 5.48. The molecule has 0 unspecified atom stereocenters. The maximum atomic E-state index is 11.9. The van der Waals surface area contributed by atoms with Crippen LogP contribution >= 0.6 is 23.2 Å². The lowest BCUT2D eigenvalue weighted by atomic mass is 10.1. The number of carboxylic acids is 1. The van der Waals surface area contributed by atoms with Crippen LogP contribution in [0.3, 0.4) is 0 Å². The Labute approximate surface area is 122 Å². The zero-order valence-electron chi connectivity index (χ0n) is 10.1. The molecule has 2 aromatic rings. The Morgan fingerprint density at radius 1 is 1.30 bits per heavy atom. The first-order valence-electron chi connectivity index (χ1n) is 5.31. The Kier molecular flexibility index (Phi) is 3.91. The van der Waals surface area contributed by atoms with Crippen LogP contribution < -0.4 is 5.32 Å². The molecule has 0 spiro atoms. The third kappa shape index (κ3) is 2.73. The van der Waals surface area contributed by atoms with Gasteiger partial charge in [0.25, 0.3) is 5.91 Å². The normalized spacial score (nSPS) is 10.3. The van der Waals surface area contributed by atoms with Crippen molar-refractivity contribution in [1.29, 1.82) is 0 Å². The first-order chi connectivity index (χ1) is 9.40. The maximum absolute atomic E-state index is 11.9. The van der Waals surface area contributed by atoms with E-state index < -0.39 is 11.9 Å². The van der Waals surface area contributed by atoms with Gasteiger partial charge in [0.15, 0.2) is 0 Å². The van der Waals surface area contributed by atoms with Gasteiger partial charge in [-0.05, 0) is 19.1 Å². The summed E-state index contributed by atoms with van der Waals surface area (Å²) >= 11 is 11.7. The second-order valence-corrected chi connectivity index (χ2v) is 4.60. The molecule has 104 valence electrons. The van der Waals surface area contributed by atoms with Crippen LogP contribution in [0.25, 0.3) is 0 Å². The van der Waals surface area contributed by atoms with Gasteiger partial charge in [-0.1, -0.05) is 23.2 Å². The van der Waals surface area contributed by atoms with Gasteiger partial charge >= 0.3 is 5.97 Å². The molecule has 20 heavy (non-hydrogen) atoms. The molecule has 0 aliphatic carbocycles. The topological polar surface area (TPSA) is 108 Å². The lowest BCUT2D eigenvalue weighted by Crippen LogP contribution is -2.17. The summed E-state index contributed by atoms with van der Waals surface area (Å²) in [5.74, 6) is -1.68. The summed E-state index contributed by atoms with van der Waals surface area (Å²) in [4.78, 5) is 26.9. The van der Waals surface area contributed by atoms with Gasteiger partial charge in [0.1, 0.15) is 11.4 Å². The number of H-pyrrole nitrogens is 1. The zero-order chi connectivity index (χ0) is 14.9. The number of aromatic amines is 1. The molecule has 7 nitrogen and oxygen atoms in total. The van der Waals surface area contributed by atoms with Crippen molar-refractivity contribution in [2.24, 2.45) is 0 Å². The molecule has 0 atom stereocenters. The number of aromatic carboxylic acids is 1. The number of amides is 1. The minimum atomic E-state index is -1.31. The van der Waals surface area contributed by atoms with E-state index in [0.29, 0.717) is 5.82 Å². The summed E-state index contributed by atoms with van der Waals surface area (Å²) < 4.78 is 0. The number of nitrogens with one attached hydrogen (secondary N) is 2. The third-order valence-electron chi connectivity index (χ3n) is 2.36. The number of carboxylic acid groups (broad SMARTS) is 1. The van der Waals surface area contributed by atoms with Crippen LogP contribution in [0.2, 0.25) is 10.0 Å². The molecular formula is C11H8Cl2N4O3. The summed E-state index contributed by atoms with van der Waals surface area (Å²) in [6, 6.07) is 2.72. The molecule has 0 bridgehead atoms. The first kappa shape index (κ1) is 14.3. The molecular weight excluding hydrogens is 307 g/mol. The molecule has 1 amide bonds. The minimum Gasteiger partial charge on any atom is -0.478 e. The fourth-order valence-electron chi connectivity index (χ4n) is 1.50. The van der Waals surface area contributed by atoms with Crippen molar-refractivity contribution in [3.63, 3.8) is 0 Å². The fourth-order valence-corrected chi connectivity index (χ4v) is 1.94. The Hall–Kier alpha value is -2.12. The quantitative estimate of drug-likeness (QED) is 0.806. The number of hydrogen-bond donors (Lipinski definition) is 3. The summed E-state index contributed by atoms with van der Waals surface area (Å²) in [7, 11) is 0. The van der Waals surface area contributed by atoms with E-state index in [0.717, 1.165) is 0 Å². The second-order valence-electron chi connectivity index (χ2n) is 3.78. The Morgan fingerprint density at radius 3 is 2.50 bits per heavy atom. The first-order valence-corrected chi connectivity index (χ1v) is 6.07. The molecule has 1 heterocycles. The van der Waals surface area contributed by atoms with E-state index in [1.54, 1.807) is 6.92 Å². The number of aryl methyl sites for hydroxylation is 1. The van der Waals surface area contributed by atoms with E-state index in [1.807, 2.05) is 0 Å². The van der Waals surface area contributed by atoms with Crippen LogP contribution in [0, 0.1) is 6.92 Å². The molecule has 1 aromatic carbocycles. The van der Waals surface area contributed by atoms with Crippen molar-refractivity contribution in [2.75, 3.05) is 5.32 Å². The van der Waals surface area contributed by atoms with Crippen molar-refractivity contribution in [3.8, 4) is 0 Å². The standard InChI is InChI=1S/C11H8Cl2N4O3/c1-4-14-9(17-16-4)10(18)15-8-6(13)3-2-5(12)7(8)11(19)20/h2-3H,1H3,(H,15,18)(H,19,20)(H,14,16,17). The molecule has 0 fully saturated rings. The van der Waals surface area contributed by atoms with E-state index in [1.165, 1.54) is 12.1 Å². The number of carbonyl (C=O) groups is 2.